The van der Waals surface area contributed by atoms with Gasteiger partial charge in [-0.25, -0.2) is 0 Å². The molecule has 0 atom stereocenters. The number of hydrogen-bond acceptors (Lipinski definition) is 6. The maximum atomic E-state index is 5.51. The molecule has 0 saturated heterocycles. The summed E-state index contributed by atoms with van der Waals surface area (Å²) in [6.07, 6.45) is 0. The van der Waals surface area contributed by atoms with Crippen LogP contribution in [0.25, 0.3) is 0 Å². The third-order valence-electron chi connectivity index (χ3n) is 2.70. The van der Waals surface area contributed by atoms with E-state index < -0.39 is 0 Å². The molecule has 0 radical (unpaired) electrons. The van der Waals surface area contributed by atoms with Crippen LogP contribution < -0.4 is 10.6 Å². The van der Waals surface area contributed by atoms with Crippen LogP contribution in [-0.2, 0) is 11.3 Å². The van der Waals surface area contributed by atoms with E-state index in [0.717, 1.165) is 12.2 Å². The molecule has 6 heteroatoms. The summed E-state index contributed by atoms with van der Waals surface area (Å²) in [6.45, 7) is 6.04. The minimum absolute atomic E-state index is 0.401. The van der Waals surface area contributed by atoms with Crippen LogP contribution in [0.4, 0.5) is 11.7 Å². The molecule has 2 aromatic rings. The minimum Gasteiger partial charge on any atom is -0.406 e. The van der Waals surface area contributed by atoms with Gasteiger partial charge in [-0.15, -0.1) is 5.10 Å². The lowest BCUT2D eigenvalue weighted by Crippen LogP contribution is -2.18. The van der Waals surface area contributed by atoms with Crippen molar-refractivity contribution in [1.82, 2.24) is 15.5 Å². The van der Waals surface area contributed by atoms with Crippen molar-refractivity contribution in [2.45, 2.75) is 20.4 Å². The van der Waals surface area contributed by atoms with Crippen LogP contribution in [0.2, 0.25) is 0 Å². The summed E-state index contributed by atoms with van der Waals surface area (Å²) in [5.41, 5.74) is 3.33. The first-order chi connectivity index (χ1) is 9.67. The van der Waals surface area contributed by atoms with E-state index in [-0.39, 0.29) is 0 Å². The molecule has 2 rings (SSSR count). The molecule has 0 aliphatic carbocycles. The predicted molar refractivity (Wildman–Crippen MR) is 77.1 cm³/mol. The van der Waals surface area contributed by atoms with E-state index in [1.54, 1.807) is 7.11 Å². The molecule has 2 N–H and O–H groups in total. The summed E-state index contributed by atoms with van der Waals surface area (Å²) in [5.74, 6) is 0.549. The molecule has 0 unspecified atom stereocenters. The van der Waals surface area contributed by atoms with Gasteiger partial charge < -0.3 is 19.8 Å². The average molecular weight is 276 g/mol. The summed E-state index contributed by atoms with van der Waals surface area (Å²) in [4.78, 5) is 0. The van der Waals surface area contributed by atoms with Gasteiger partial charge in [0.2, 0.25) is 5.89 Å². The maximum absolute atomic E-state index is 5.51. The van der Waals surface area contributed by atoms with Crippen molar-refractivity contribution in [1.29, 1.82) is 0 Å². The average Bonchev–Trinajstić information content (AvgIpc) is 2.81. The zero-order valence-corrected chi connectivity index (χ0v) is 12.1. The van der Waals surface area contributed by atoms with Crippen LogP contribution in [0.5, 0.6) is 0 Å². The lowest BCUT2D eigenvalue weighted by atomic mass is 10.1. The number of anilines is 2. The van der Waals surface area contributed by atoms with Gasteiger partial charge in [-0.05, 0) is 37.1 Å². The van der Waals surface area contributed by atoms with Crippen molar-refractivity contribution in [3.05, 3.63) is 35.2 Å². The van der Waals surface area contributed by atoms with Crippen LogP contribution in [0.1, 0.15) is 17.0 Å². The fourth-order valence-corrected chi connectivity index (χ4v) is 1.92. The van der Waals surface area contributed by atoms with Crippen molar-refractivity contribution < 1.29 is 9.15 Å². The number of methoxy groups -OCH3 is 1. The van der Waals surface area contributed by atoms with Gasteiger partial charge in [0.05, 0.1) is 13.2 Å². The molecule has 108 valence electrons. The van der Waals surface area contributed by atoms with Crippen LogP contribution in [0, 0.1) is 13.8 Å². The standard InChI is InChI=1S/C14H20N4O2/c1-10-6-11(2)8-12(7-10)16-14-18-17-13(20-14)9-15-4-5-19-3/h6-8,15H,4-5,9H2,1-3H3,(H,16,18). The van der Waals surface area contributed by atoms with Crippen LogP contribution in [0.15, 0.2) is 22.6 Å². The second-order valence-corrected chi connectivity index (χ2v) is 4.67. The molecule has 0 fully saturated rings. The molecule has 0 aliphatic heterocycles. The third kappa shape index (κ3) is 4.32. The molecular formula is C14H20N4O2. The van der Waals surface area contributed by atoms with E-state index in [2.05, 4.69) is 40.7 Å². The molecule has 1 aromatic carbocycles. The van der Waals surface area contributed by atoms with E-state index in [4.69, 9.17) is 9.15 Å². The zero-order chi connectivity index (χ0) is 14.4. The highest BCUT2D eigenvalue weighted by molar-refractivity contribution is 5.54. The summed E-state index contributed by atoms with van der Waals surface area (Å²) in [7, 11) is 1.67. The van der Waals surface area contributed by atoms with Crippen LogP contribution in [0.3, 0.4) is 0 Å². The van der Waals surface area contributed by atoms with Gasteiger partial charge in [0.15, 0.2) is 0 Å². The molecule has 6 nitrogen and oxygen atoms in total. The van der Waals surface area contributed by atoms with Crippen molar-refractivity contribution in [2.75, 3.05) is 25.6 Å². The van der Waals surface area contributed by atoms with Crippen molar-refractivity contribution in [3.63, 3.8) is 0 Å². The van der Waals surface area contributed by atoms with Gasteiger partial charge in [0, 0.05) is 19.3 Å². The van der Waals surface area contributed by atoms with Crippen molar-refractivity contribution >= 4 is 11.7 Å². The SMILES string of the molecule is COCCNCc1nnc(Nc2cc(C)cc(C)c2)o1. The van der Waals surface area contributed by atoms with Gasteiger partial charge in [0.25, 0.3) is 0 Å². The number of aromatic nitrogens is 2. The highest BCUT2D eigenvalue weighted by Crippen LogP contribution is 2.18. The van der Waals surface area contributed by atoms with Crippen LogP contribution in [-0.4, -0.2) is 30.5 Å². The van der Waals surface area contributed by atoms with E-state index in [0.29, 0.717) is 25.1 Å². The van der Waals surface area contributed by atoms with Crippen molar-refractivity contribution in [2.24, 2.45) is 0 Å². The van der Waals surface area contributed by atoms with Gasteiger partial charge in [-0.3, -0.25) is 0 Å². The van der Waals surface area contributed by atoms with Gasteiger partial charge in [-0.1, -0.05) is 11.2 Å². The summed E-state index contributed by atoms with van der Waals surface area (Å²) in [5, 5.41) is 14.2. The predicted octanol–water partition coefficient (Wildman–Crippen LogP) is 2.17. The Morgan fingerprint density at radius 2 is 1.90 bits per heavy atom. The van der Waals surface area contributed by atoms with E-state index in [9.17, 15) is 0 Å². The Morgan fingerprint density at radius 3 is 2.60 bits per heavy atom. The number of aryl methyl sites for hydroxylation is 2. The number of nitrogens with one attached hydrogen (secondary N) is 2. The number of rotatable bonds is 7. The first kappa shape index (κ1) is 14.5. The normalized spacial score (nSPS) is 10.8. The number of ether oxygens (including phenoxy) is 1. The first-order valence-electron chi connectivity index (χ1n) is 6.55. The number of hydrogen-bond donors (Lipinski definition) is 2. The fraction of sp³-hybridized carbons (Fsp3) is 0.429. The zero-order valence-electron chi connectivity index (χ0n) is 12.1. The summed E-state index contributed by atoms with van der Waals surface area (Å²) >= 11 is 0. The van der Waals surface area contributed by atoms with E-state index in [1.165, 1.54) is 11.1 Å². The lowest BCUT2D eigenvalue weighted by Gasteiger charge is -2.04. The van der Waals surface area contributed by atoms with Gasteiger partial charge in [0.1, 0.15) is 0 Å². The Hall–Kier alpha value is -1.92. The van der Waals surface area contributed by atoms with Crippen LogP contribution >= 0.6 is 0 Å². The first-order valence-corrected chi connectivity index (χ1v) is 6.55. The maximum Gasteiger partial charge on any atom is 0.320 e. The highest BCUT2D eigenvalue weighted by atomic mass is 16.5. The highest BCUT2D eigenvalue weighted by Gasteiger charge is 2.06. The fourth-order valence-electron chi connectivity index (χ4n) is 1.92. The Bertz CT molecular complexity index is 534. The topological polar surface area (TPSA) is 72.2 Å². The second kappa shape index (κ2) is 7.02. The van der Waals surface area contributed by atoms with E-state index in [1.807, 2.05) is 12.1 Å². The quantitative estimate of drug-likeness (QED) is 0.755. The monoisotopic (exact) mass is 276 g/mol. The third-order valence-corrected chi connectivity index (χ3v) is 2.70. The molecular weight excluding hydrogens is 256 g/mol. The molecule has 0 aliphatic rings. The molecule has 0 amide bonds. The molecule has 0 bridgehead atoms. The molecule has 20 heavy (non-hydrogen) atoms. The smallest absolute Gasteiger partial charge is 0.320 e. The Balaban J connectivity index is 1.92. The lowest BCUT2D eigenvalue weighted by molar-refractivity contribution is 0.198. The van der Waals surface area contributed by atoms with Gasteiger partial charge in [-0.2, -0.15) is 0 Å². The summed E-state index contributed by atoms with van der Waals surface area (Å²) in [6, 6.07) is 6.59. The molecule has 0 spiro atoms. The summed E-state index contributed by atoms with van der Waals surface area (Å²) < 4.78 is 10.5. The number of benzene rings is 1. The van der Waals surface area contributed by atoms with Crippen molar-refractivity contribution in [3.8, 4) is 0 Å². The minimum atomic E-state index is 0.401. The largest absolute Gasteiger partial charge is 0.406 e. The Labute approximate surface area is 118 Å². The number of nitrogens with zero attached hydrogens (tertiary/aromatic N) is 2. The second-order valence-electron chi connectivity index (χ2n) is 4.67. The van der Waals surface area contributed by atoms with E-state index >= 15 is 0 Å². The molecule has 0 saturated carbocycles. The van der Waals surface area contributed by atoms with Gasteiger partial charge >= 0.3 is 6.01 Å². The molecule has 1 heterocycles. The Kier molecular flexibility index (Phi) is 5.09. The molecule has 1 aromatic heterocycles. The Morgan fingerprint density at radius 1 is 1.15 bits per heavy atom.